The van der Waals surface area contributed by atoms with Crippen molar-refractivity contribution in [2.45, 2.75) is 158 Å². The quantitative estimate of drug-likeness (QED) is 0.0353. The van der Waals surface area contributed by atoms with Crippen molar-refractivity contribution < 1.29 is 57.8 Å². The molecule has 0 bridgehead atoms. The van der Waals surface area contributed by atoms with Crippen LogP contribution in [0.3, 0.4) is 0 Å². The van der Waals surface area contributed by atoms with E-state index in [1.807, 2.05) is 0 Å². The zero-order valence-corrected chi connectivity index (χ0v) is 49.7. The van der Waals surface area contributed by atoms with Crippen LogP contribution in [0.2, 0.25) is 0 Å². The van der Waals surface area contributed by atoms with Crippen molar-refractivity contribution in [1.29, 1.82) is 0 Å². The number of rotatable bonds is 32. The van der Waals surface area contributed by atoms with E-state index in [-0.39, 0.29) is 0 Å². The van der Waals surface area contributed by atoms with Crippen molar-refractivity contribution in [2.24, 2.45) is 0 Å². The summed E-state index contributed by atoms with van der Waals surface area (Å²) in [5.74, 6) is 0. The molecule has 16 heteroatoms. The Labute approximate surface area is 473 Å². The number of nitrogens with zero attached hydrogens (tertiary/aromatic N) is 6. The van der Waals surface area contributed by atoms with Crippen molar-refractivity contribution in [3.8, 4) is 0 Å². The van der Waals surface area contributed by atoms with Crippen LogP contribution in [0.5, 0.6) is 0 Å². The molecule has 5 rings (SSSR count). The summed E-state index contributed by atoms with van der Waals surface area (Å²) in [5, 5.41) is 0. The normalized spacial score (nSPS) is 12.2. The molecule has 0 amide bonds. The van der Waals surface area contributed by atoms with Gasteiger partial charge in [0.2, 0.25) is 34.2 Å². The molecule has 78 heavy (non-hydrogen) atoms. The molecular weight excluding hydrogens is 1030 g/mol. The number of benzene rings is 4. The fraction of sp³-hybridized carbons (Fsp3) is 0.516. The maximum absolute atomic E-state index is 8.49. The largest absolute Gasteiger partial charge is 0.372 e. The zero-order valence-electron chi connectivity index (χ0n) is 48.2. The minimum Gasteiger partial charge on any atom is -0.372 e. The Balaban J connectivity index is 0.00000146. The van der Waals surface area contributed by atoms with E-state index in [4.69, 9.17) is 37.3 Å². The van der Waals surface area contributed by atoms with Gasteiger partial charge >= 0.3 is 0 Å². The van der Waals surface area contributed by atoms with E-state index >= 15 is 0 Å². The lowest BCUT2D eigenvalue weighted by atomic mass is 10.1. The Kier molecular flexibility index (Phi) is 32.1. The topological polar surface area (TPSA) is 203 Å². The van der Waals surface area contributed by atoms with Gasteiger partial charge in [0.1, 0.15) is 0 Å². The summed E-state index contributed by atoms with van der Waals surface area (Å²) in [4.78, 5) is 10.3. The number of anilines is 4. The molecule has 0 aliphatic heterocycles. The molecule has 4 aromatic carbocycles. The molecule has 0 spiro atoms. The summed E-state index contributed by atoms with van der Waals surface area (Å²) < 4.78 is 72.8. The highest BCUT2D eigenvalue weighted by Gasteiger charge is 2.25. The molecule has 0 atom stereocenters. The summed E-state index contributed by atoms with van der Waals surface area (Å²) >= 11 is 0. The van der Waals surface area contributed by atoms with E-state index in [1.165, 1.54) is 148 Å². The number of allylic oxidation sites excluding steroid dienone is 4. The summed E-state index contributed by atoms with van der Waals surface area (Å²) in [6.45, 7) is 27.1. The van der Waals surface area contributed by atoms with E-state index in [9.17, 15) is 0 Å². The van der Waals surface area contributed by atoms with E-state index in [0.717, 1.165) is 63.8 Å². The average Bonchev–Trinajstić information content (AvgIpc) is 3.42. The first-order valence-corrected chi connectivity index (χ1v) is 31.2. The van der Waals surface area contributed by atoms with Crippen molar-refractivity contribution in [3.63, 3.8) is 0 Å². The summed E-state index contributed by atoms with van der Waals surface area (Å²) in [5.41, 5.74) is 12.2. The Bertz CT molecular complexity index is 2010. The lowest BCUT2D eigenvalue weighted by Gasteiger charge is -2.25. The van der Waals surface area contributed by atoms with Gasteiger partial charge < -0.3 is 19.6 Å². The molecule has 1 aliphatic rings. The molecule has 4 aromatic rings. The lowest BCUT2D eigenvalue weighted by molar-refractivity contribution is -2.00. The third-order valence-corrected chi connectivity index (χ3v) is 13.5. The highest BCUT2D eigenvalue weighted by atomic mass is 35.7. The molecule has 0 N–H and O–H groups in total. The number of hydrogen-bond acceptors (Lipinski definition) is 12. The maximum atomic E-state index is 8.49. The van der Waals surface area contributed by atoms with Gasteiger partial charge in [0.15, 0.2) is 0 Å². The van der Waals surface area contributed by atoms with E-state index in [0.29, 0.717) is 0 Å². The molecule has 1 aliphatic carbocycles. The number of unbranched alkanes of at least 4 members (excludes halogenated alkanes) is 8. The monoisotopic (exact) mass is 1120 g/mol. The predicted molar refractivity (Wildman–Crippen MR) is 305 cm³/mol. The Morgan fingerprint density at radius 2 is 0.410 bits per heavy atom. The lowest BCUT2D eigenvalue weighted by Crippen LogP contribution is -2.68. The van der Waals surface area contributed by atoms with E-state index < -0.39 is 20.5 Å². The van der Waals surface area contributed by atoms with Gasteiger partial charge in [0, 0.05) is 148 Å². The van der Waals surface area contributed by atoms with Crippen LogP contribution in [0.1, 0.15) is 158 Å². The van der Waals surface area contributed by atoms with Crippen LogP contribution >= 0.6 is 0 Å². The van der Waals surface area contributed by atoms with Crippen LogP contribution in [0.25, 0.3) is 0 Å². The Morgan fingerprint density at radius 1 is 0.269 bits per heavy atom. The molecule has 14 nitrogen and oxygen atoms in total. The summed E-state index contributed by atoms with van der Waals surface area (Å²) in [6, 6.07) is 37.5. The first kappa shape index (κ1) is 67.4. The van der Waals surface area contributed by atoms with Crippen molar-refractivity contribution >= 4 is 56.9 Å². The molecule has 432 valence electrons. The van der Waals surface area contributed by atoms with Crippen LogP contribution < -0.4 is 66.0 Å². The van der Waals surface area contributed by atoms with E-state index in [2.05, 4.69) is 206 Å². The molecule has 0 aromatic heterocycles. The van der Waals surface area contributed by atoms with Gasteiger partial charge in [-0.05, 0) is 99.9 Å². The first-order valence-electron chi connectivity index (χ1n) is 28.8. The Hall–Kier alpha value is -4.84. The Morgan fingerprint density at radius 3 is 0.538 bits per heavy atom. The minimum atomic E-state index is -4.94. The van der Waals surface area contributed by atoms with Crippen LogP contribution in [0.15, 0.2) is 121 Å². The smallest absolute Gasteiger partial charge is 0.212 e. The first-order chi connectivity index (χ1) is 37.4. The maximum Gasteiger partial charge on any atom is 0.212 e. The third-order valence-electron chi connectivity index (χ3n) is 13.5. The van der Waals surface area contributed by atoms with Gasteiger partial charge in [-0.1, -0.05) is 107 Å². The highest BCUT2D eigenvalue weighted by Crippen LogP contribution is 2.31. The molecule has 0 radical (unpaired) electrons. The summed E-state index contributed by atoms with van der Waals surface area (Å²) in [6.07, 6.45) is 28.6. The van der Waals surface area contributed by atoms with Gasteiger partial charge in [-0.15, -0.1) is 20.5 Å². The second kappa shape index (κ2) is 37.2. The van der Waals surface area contributed by atoms with Crippen LogP contribution in [0.4, 0.5) is 45.5 Å². The van der Waals surface area contributed by atoms with Gasteiger partial charge in [0.05, 0.1) is 0 Å². The highest BCUT2D eigenvalue weighted by molar-refractivity contribution is 6.20. The molecule has 0 saturated heterocycles. The number of hydrogen-bond donors (Lipinski definition) is 0. The summed E-state index contributed by atoms with van der Waals surface area (Å²) in [7, 11) is -9.89. The van der Waals surface area contributed by atoms with Gasteiger partial charge in [-0.3, -0.25) is 0 Å². The predicted octanol–water partition coefficient (Wildman–Crippen LogP) is 7.18. The minimum absolute atomic E-state index is 1.10. The SMILES string of the molecule is CCCCN(CCCC)c1ccc([N+](=C2C=CC(=[N+](c3ccc(N(CCCC)CCCC)cc3)c3ccc(N(CCCC)CCCC)cc3)C=C2)c2ccc(N(CCCC)CCCC)cc2)cc1.[O-][Cl+3]([O-])([O-])[O-].[O-][Cl+3]([O-])([O-])[O-]. The molecule has 0 saturated carbocycles. The molecule has 0 unspecified atom stereocenters. The van der Waals surface area contributed by atoms with Crippen molar-refractivity contribution in [3.05, 3.63) is 121 Å². The fourth-order valence-electron chi connectivity index (χ4n) is 9.17. The van der Waals surface area contributed by atoms with Crippen LogP contribution in [-0.2, 0) is 0 Å². The third kappa shape index (κ3) is 25.5. The van der Waals surface area contributed by atoms with Gasteiger partial charge in [-0.2, -0.15) is 9.15 Å². The van der Waals surface area contributed by atoms with Gasteiger partial charge in [-0.25, -0.2) is 37.3 Å². The standard InChI is InChI=1S/C62H92N6.2ClHO4/c1-9-17-45-63(46-18-10-2)53-25-33-57(34-26-53)67(58-35-27-54(28-36-58)64(47-19-11-3)48-20-12-4)61-41-43-62(44-42-61)68(59-37-29-55(30-38-59)65(49-21-13-5)50-22-14-6)60-39-31-56(32-40-60)66(51-23-15-7)52-24-16-8;2*2-1(3,4)5/h25-44H,9-24,45-52H2,1-8H3;2*(H,2,3,4,5)/q+2;;/p-2. The van der Waals surface area contributed by atoms with Gasteiger partial charge in [0.25, 0.3) is 0 Å². The van der Waals surface area contributed by atoms with Crippen LogP contribution in [-0.4, -0.2) is 63.8 Å². The second-order valence-corrected chi connectivity index (χ2v) is 21.3. The molecule has 0 heterocycles. The molecule has 0 fully saturated rings. The second-order valence-electron chi connectivity index (χ2n) is 19.8. The average molecular weight is 1120 g/mol. The molecular formula is C62H92Cl2N6O8. The fourth-order valence-corrected chi connectivity index (χ4v) is 9.17. The zero-order chi connectivity index (χ0) is 57.4. The number of halogens is 2. The van der Waals surface area contributed by atoms with Crippen LogP contribution in [0, 0.1) is 20.5 Å². The van der Waals surface area contributed by atoms with Crippen molar-refractivity contribution in [2.75, 3.05) is 72.0 Å². The van der Waals surface area contributed by atoms with E-state index in [1.54, 1.807) is 0 Å². The van der Waals surface area contributed by atoms with Crippen molar-refractivity contribution in [1.82, 2.24) is 9.15 Å².